The van der Waals surface area contributed by atoms with Crippen LogP contribution in [0.3, 0.4) is 0 Å². The molecule has 1 aromatic heterocycles. The van der Waals surface area contributed by atoms with E-state index in [1.165, 1.54) is 67.6 Å². The lowest BCUT2D eigenvalue weighted by molar-refractivity contribution is -0.0228. The van der Waals surface area contributed by atoms with Crippen molar-refractivity contribution in [1.29, 1.82) is 5.26 Å². The molecule has 1 aliphatic heterocycles. The van der Waals surface area contributed by atoms with E-state index in [1.54, 1.807) is 11.3 Å². The van der Waals surface area contributed by atoms with Crippen molar-refractivity contribution in [3.63, 3.8) is 0 Å². The maximum absolute atomic E-state index is 9.49. The van der Waals surface area contributed by atoms with Gasteiger partial charge in [-0.3, -0.25) is 0 Å². The summed E-state index contributed by atoms with van der Waals surface area (Å²) < 4.78 is 5.73. The number of hydrogen-bond donors (Lipinski definition) is 4. The molecular weight excluding hydrogens is 534 g/mol. The van der Waals surface area contributed by atoms with Crippen molar-refractivity contribution >= 4 is 11.3 Å². The van der Waals surface area contributed by atoms with Crippen LogP contribution in [0.5, 0.6) is 5.75 Å². The summed E-state index contributed by atoms with van der Waals surface area (Å²) in [5.74, 6) is 0.622. The van der Waals surface area contributed by atoms with Gasteiger partial charge in [-0.05, 0) is 88.5 Å². The summed E-state index contributed by atoms with van der Waals surface area (Å²) in [6.45, 7) is 13.6. The van der Waals surface area contributed by atoms with Crippen molar-refractivity contribution in [1.82, 2.24) is 20.5 Å². The van der Waals surface area contributed by atoms with E-state index in [0.717, 1.165) is 23.4 Å². The molecule has 0 amide bonds. The lowest BCUT2D eigenvalue weighted by atomic mass is 10.0. The van der Waals surface area contributed by atoms with Crippen LogP contribution in [0, 0.1) is 11.3 Å². The van der Waals surface area contributed by atoms with Gasteiger partial charge in [0.15, 0.2) is 0 Å². The number of aromatic nitrogens is 1. The number of aliphatic hydroxyl groups is 2. The lowest BCUT2D eigenvalue weighted by Gasteiger charge is -2.26. The van der Waals surface area contributed by atoms with Gasteiger partial charge in [0.1, 0.15) is 23.1 Å². The smallest absolute Gasteiger partial charge is 0.148 e. The SMILES string of the molecule is CC(O)O.CCCN1CCNCC1.CNC1CCc2c(-c3cnc(-c4ccc(OC(C)C)c(C#N)c4)s3)cccc21. The van der Waals surface area contributed by atoms with Crippen molar-refractivity contribution < 1.29 is 14.9 Å². The highest BCUT2D eigenvalue weighted by molar-refractivity contribution is 7.18. The number of thiazole rings is 1. The van der Waals surface area contributed by atoms with Crippen molar-refractivity contribution in [2.45, 2.75) is 65.4 Å². The molecule has 3 aromatic rings. The highest BCUT2D eigenvalue weighted by Crippen LogP contribution is 2.41. The van der Waals surface area contributed by atoms with E-state index in [2.05, 4.69) is 51.7 Å². The molecule has 2 aliphatic rings. The fourth-order valence-electron chi connectivity index (χ4n) is 5.08. The predicted octanol–water partition coefficient (Wildman–Crippen LogP) is 4.96. The van der Waals surface area contributed by atoms with Gasteiger partial charge in [0.05, 0.1) is 16.5 Å². The molecule has 1 atom stereocenters. The summed E-state index contributed by atoms with van der Waals surface area (Å²) in [5.41, 5.74) is 5.59. The zero-order valence-electron chi connectivity index (χ0n) is 25.0. The molecule has 0 bridgehead atoms. The molecule has 2 heterocycles. The molecule has 4 N–H and O–H groups in total. The number of fused-ring (bicyclic) bond motifs is 1. The fraction of sp³-hybridized carbons (Fsp3) is 0.500. The molecule has 1 fully saturated rings. The first kappa shape index (κ1) is 32.7. The van der Waals surface area contributed by atoms with E-state index in [0.29, 0.717) is 17.4 Å². The minimum absolute atomic E-state index is 0.0334. The summed E-state index contributed by atoms with van der Waals surface area (Å²) >= 11 is 1.67. The molecule has 222 valence electrons. The maximum atomic E-state index is 9.49. The molecule has 9 heteroatoms. The summed E-state index contributed by atoms with van der Waals surface area (Å²) in [6, 6.07) is 14.9. The van der Waals surface area contributed by atoms with Crippen LogP contribution >= 0.6 is 11.3 Å². The molecule has 1 aliphatic carbocycles. The minimum Gasteiger partial charge on any atom is -0.490 e. The highest BCUT2D eigenvalue weighted by atomic mass is 32.1. The van der Waals surface area contributed by atoms with Crippen LogP contribution in [0.1, 0.15) is 63.3 Å². The molecule has 41 heavy (non-hydrogen) atoms. The van der Waals surface area contributed by atoms with Crippen LogP contribution in [0.15, 0.2) is 42.6 Å². The van der Waals surface area contributed by atoms with E-state index in [4.69, 9.17) is 14.9 Å². The fourth-order valence-corrected chi connectivity index (χ4v) is 6.04. The van der Waals surface area contributed by atoms with Gasteiger partial charge in [0.25, 0.3) is 0 Å². The predicted molar refractivity (Wildman–Crippen MR) is 167 cm³/mol. The number of piperazine rings is 1. The van der Waals surface area contributed by atoms with Gasteiger partial charge < -0.3 is 30.5 Å². The minimum atomic E-state index is -1.17. The van der Waals surface area contributed by atoms with Gasteiger partial charge in [-0.25, -0.2) is 4.98 Å². The van der Waals surface area contributed by atoms with Crippen molar-refractivity contribution in [2.75, 3.05) is 39.8 Å². The monoisotopic (exact) mass is 579 g/mol. The molecule has 8 nitrogen and oxygen atoms in total. The Kier molecular flexibility index (Phi) is 13.2. The topological polar surface area (TPSA) is 114 Å². The molecule has 2 aromatic carbocycles. The zero-order chi connectivity index (χ0) is 29.8. The first-order valence-electron chi connectivity index (χ1n) is 14.5. The Labute approximate surface area is 249 Å². The standard InChI is InChI=1S/C23H23N3OS.C7H16N2.C2H6O2/c1-14(2)27-21-10-7-15(11-16(21)12-24)23-26-13-22(28-23)19-6-4-5-18-17(19)8-9-20(18)25-3;1-2-5-9-6-3-8-4-7-9;1-2(3)4/h4-7,10-11,13-14,20,25H,8-9H2,1-3H3;8H,2-7H2,1H3;2-4H,1H3. The number of nitrogens with zero attached hydrogens (tertiary/aromatic N) is 3. The van der Waals surface area contributed by atoms with E-state index in [9.17, 15) is 5.26 Å². The number of nitrogens with one attached hydrogen (secondary N) is 2. The molecular formula is C32H45N5O3S. The van der Waals surface area contributed by atoms with Crippen LogP contribution in [0.25, 0.3) is 21.0 Å². The Bertz CT molecular complexity index is 1260. The number of aliphatic hydroxyl groups excluding tert-OH is 1. The summed E-state index contributed by atoms with van der Waals surface area (Å²) in [5, 5.41) is 32.4. The normalized spacial score (nSPS) is 16.3. The summed E-state index contributed by atoms with van der Waals surface area (Å²) in [7, 11) is 2.02. The Balaban J connectivity index is 0.000000295. The zero-order valence-corrected chi connectivity index (χ0v) is 25.8. The van der Waals surface area contributed by atoms with Crippen LogP contribution in [-0.2, 0) is 6.42 Å². The van der Waals surface area contributed by atoms with Crippen molar-refractivity contribution in [3.05, 3.63) is 59.3 Å². The third-order valence-electron chi connectivity index (χ3n) is 6.85. The first-order chi connectivity index (χ1) is 19.8. The van der Waals surface area contributed by atoms with Gasteiger partial charge in [-0.2, -0.15) is 5.26 Å². The van der Waals surface area contributed by atoms with Crippen LogP contribution in [0.2, 0.25) is 0 Å². The van der Waals surface area contributed by atoms with E-state index >= 15 is 0 Å². The summed E-state index contributed by atoms with van der Waals surface area (Å²) in [4.78, 5) is 8.33. The molecule has 0 saturated carbocycles. The third kappa shape index (κ3) is 9.60. The van der Waals surface area contributed by atoms with E-state index in [-0.39, 0.29) is 6.10 Å². The average Bonchev–Trinajstić information content (AvgIpc) is 3.61. The largest absolute Gasteiger partial charge is 0.490 e. The number of ether oxygens (including phenoxy) is 1. The summed E-state index contributed by atoms with van der Waals surface area (Å²) in [6.07, 6.45) is 4.33. The van der Waals surface area contributed by atoms with Crippen LogP contribution < -0.4 is 15.4 Å². The first-order valence-corrected chi connectivity index (χ1v) is 15.3. The second kappa shape index (κ2) is 16.6. The van der Waals surface area contributed by atoms with Crippen LogP contribution in [0.4, 0.5) is 0 Å². The number of nitriles is 1. The number of benzene rings is 2. The quantitative estimate of drug-likeness (QED) is 0.291. The lowest BCUT2D eigenvalue weighted by Crippen LogP contribution is -2.43. The molecule has 0 spiro atoms. The Hall–Kier alpha value is -2.84. The van der Waals surface area contributed by atoms with Crippen molar-refractivity contribution in [2.24, 2.45) is 0 Å². The Morgan fingerprint density at radius 1 is 1.20 bits per heavy atom. The van der Waals surface area contributed by atoms with Crippen molar-refractivity contribution in [3.8, 4) is 32.8 Å². The van der Waals surface area contributed by atoms with Crippen LogP contribution in [-0.4, -0.2) is 72.3 Å². The van der Waals surface area contributed by atoms with E-state index < -0.39 is 6.29 Å². The Morgan fingerprint density at radius 2 is 1.93 bits per heavy atom. The van der Waals surface area contributed by atoms with Gasteiger partial charge in [0, 0.05) is 44.0 Å². The Morgan fingerprint density at radius 3 is 2.56 bits per heavy atom. The average molecular weight is 580 g/mol. The van der Waals surface area contributed by atoms with E-state index in [1.807, 2.05) is 45.3 Å². The van der Waals surface area contributed by atoms with Gasteiger partial charge in [0.2, 0.25) is 0 Å². The van der Waals surface area contributed by atoms with Gasteiger partial charge in [-0.1, -0.05) is 25.1 Å². The number of rotatable bonds is 7. The van der Waals surface area contributed by atoms with Gasteiger partial charge in [-0.15, -0.1) is 11.3 Å². The maximum Gasteiger partial charge on any atom is 0.148 e. The molecule has 1 unspecified atom stereocenters. The highest BCUT2D eigenvalue weighted by Gasteiger charge is 2.24. The molecule has 0 radical (unpaired) electrons. The molecule has 5 rings (SSSR count). The number of hydrogen-bond acceptors (Lipinski definition) is 9. The third-order valence-corrected chi connectivity index (χ3v) is 7.93. The van der Waals surface area contributed by atoms with Gasteiger partial charge >= 0.3 is 0 Å². The molecule has 1 saturated heterocycles. The second-order valence-electron chi connectivity index (χ2n) is 10.5. The second-order valence-corrected chi connectivity index (χ2v) is 11.5.